The van der Waals surface area contributed by atoms with Crippen molar-refractivity contribution >= 4 is 17.6 Å². The Kier molecular flexibility index (Phi) is 4.09. The van der Waals surface area contributed by atoms with Gasteiger partial charge in [-0.1, -0.05) is 13.0 Å². The summed E-state index contributed by atoms with van der Waals surface area (Å²) >= 11 is 0. The summed E-state index contributed by atoms with van der Waals surface area (Å²) in [5.74, 6) is -1.23. The Hall–Kier alpha value is -2.04. The zero-order valence-corrected chi connectivity index (χ0v) is 9.90. The number of hydrogen-bond donors (Lipinski definition) is 2. The van der Waals surface area contributed by atoms with E-state index in [0.29, 0.717) is 17.7 Å². The quantitative estimate of drug-likeness (QED) is 0.602. The van der Waals surface area contributed by atoms with Crippen molar-refractivity contribution in [3.05, 3.63) is 29.3 Å². The van der Waals surface area contributed by atoms with Crippen LogP contribution in [0.3, 0.4) is 0 Å². The molecule has 5 heteroatoms. The number of carbonyl (C=O) groups is 2. The predicted molar refractivity (Wildman–Crippen MR) is 64.3 cm³/mol. The zero-order valence-electron chi connectivity index (χ0n) is 9.90. The van der Waals surface area contributed by atoms with Gasteiger partial charge in [0.1, 0.15) is 0 Å². The summed E-state index contributed by atoms with van der Waals surface area (Å²) < 4.78 is 5.01. The Morgan fingerprint density at radius 1 is 1.41 bits per heavy atom. The van der Waals surface area contributed by atoms with Crippen molar-refractivity contribution in [3.8, 4) is 0 Å². The molecule has 0 aliphatic rings. The molecule has 0 aliphatic heterocycles. The monoisotopic (exact) mass is 236 g/mol. The summed E-state index contributed by atoms with van der Waals surface area (Å²) in [5, 5.41) is 0. The van der Waals surface area contributed by atoms with Gasteiger partial charge in [0.25, 0.3) is 5.91 Å². The summed E-state index contributed by atoms with van der Waals surface area (Å²) in [5.41, 5.74) is 12.2. The van der Waals surface area contributed by atoms with E-state index in [-0.39, 0.29) is 0 Å². The lowest BCUT2D eigenvalue weighted by Gasteiger charge is -2.13. The van der Waals surface area contributed by atoms with Crippen LogP contribution in [0.5, 0.6) is 0 Å². The van der Waals surface area contributed by atoms with E-state index >= 15 is 0 Å². The summed E-state index contributed by atoms with van der Waals surface area (Å²) in [6, 6.07) is 4.93. The lowest BCUT2D eigenvalue weighted by molar-refractivity contribution is -0.126. The SMILES string of the molecule is CCC(OC(=O)c1cc(N)ccc1C)C(N)=O. The van der Waals surface area contributed by atoms with E-state index in [4.69, 9.17) is 16.2 Å². The normalized spacial score (nSPS) is 11.9. The third-order valence-corrected chi connectivity index (χ3v) is 2.42. The molecule has 1 aromatic rings. The third-order valence-electron chi connectivity index (χ3n) is 2.42. The molecular formula is C12H16N2O3. The van der Waals surface area contributed by atoms with Crippen LogP contribution in [0, 0.1) is 6.92 Å². The Balaban J connectivity index is 2.89. The van der Waals surface area contributed by atoms with Gasteiger partial charge < -0.3 is 16.2 Å². The van der Waals surface area contributed by atoms with Crippen LogP contribution in [-0.2, 0) is 9.53 Å². The van der Waals surface area contributed by atoms with E-state index in [0.717, 1.165) is 5.56 Å². The van der Waals surface area contributed by atoms with Crippen molar-refractivity contribution in [2.24, 2.45) is 5.73 Å². The van der Waals surface area contributed by atoms with Gasteiger partial charge in [0.2, 0.25) is 0 Å². The number of hydrogen-bond acceptors (Lipinski definition) is 4. The van der Waals surface area contributed by atoms with Crippen molar-refractivity contribution in [1.82, 2.24) is 0 Å². The fourth-order valence-electron chi connectivity index (χ4n) is 1.39. The fraction of sp³-hybridized carbons (Fsp3) is 0.333. The molecule has 1 unspecified atom stereocenters. The molecule has 0 aliphatic carbocycles. The minimum atomic E-state index is -0.900. The van der Waals surface area contributed by atoms with E-state index in [1.807, 2.05) is 0 Å². The maximum Gasteiger partial charge on any atom is 0.339 e. The summed E-state index contributed by atoms with van der Waals surface area (Å²) in [6.07, 6.45) is -0.550. The first-order valence-electron chi connectivity index (χ1n) is 5.32. The van der Waals surface area contributed by atoms with Gasteiger partial charge in [0.15, 0.2) is 6.10 Å². The van der Waals surface area contributed by atoms with Gasteiger partial charge in [0, 0.05) is 5.69 Å². The van der Waals surface area contributed by atoms with Crippen LogP contribution in [0.1, 0.15) is 29.3 Å². The van der Waals surface area contributed by atoms with Crippen LogP contribution < -0.4 is 11.5 Å². The van der Waals surface area contributed by atoms with Crippen LogP contribution in [-0.4, -0.2) is 18.0 Å². The molecule has 0 fully saturated rings. The number of ether oxygens (including phenoxy) is 1. The second-order valence-corrected chi connectivity index (χ2v) is 3.78. The molecular weight excluding hydrogens is 220 g/mol. The molecule has 17 heavy (non-hydrogen) atoms. The van der Waals surface area contributed by atoms with E-state index < -0.39 is 18.0 Å². The first-order valence-corrected chi connectivity index (χ1v) is 5.32. The first-order chi connectivity index (χ1) is 7.95. The zero-order chi connectivity index (χ0) is 13.0. The molecule has 92 valence electrons. The second kappa shape index (κ2) is 5.34. The maximum atomic E-state index is 11.8. The lowest BCUT2D eigenvalue weighted by Crippen LogP contribution is -2.32. The smallest absolute Gasteiger partial charge is 0.339 e. The molecule has 0 saturated carbocycles. The molecule has 1 rings (SSSR count). The van der Waals surface area contributed by atoms with Crippen LogP contribution in [0.4, 0.5) is 5.69 Å². The molecule has 1 atom stereocenters. The topological polar surface area (TPSA) is 95.4 Å². The van der Waals surface area contributed by atoms with Gasteiger partial charge >= 0.3 is 5.97 Å². The van der Waals surface area contributed by atoms with Crippen LogP contribution in [0.2, 0.25) is 0 Å². The molecule has 0 spiro atoms. The lowest BCUT2D eigenvalue weighted by atomic mass is 10.1. The van der Waals surface area contributed by atoms with Crippen LogP contribution in [0.25, 0.3) is 0 Å². The molecule has 5 nitrogen and oxygen atoms in total. The number of carbonyl (C=O) groups excluding carboxylic acids is 2. The number of primary amides is 1. The standard InChI is InChI=1S/C12H16N2O3/c1-3-10(11(14)15)17-12(16)9-6-8(13)5-4-7(9)2/h4-6,10H,3,13H2,1-2H3,(H2,14,15). The van der Waals surface area contributed by atoms with E-state index in [9.17, 15) is 9.59 Å². The van der Waals surface area contributed by atoms with Crippen LogP contribution >= 0.6 is 0 Å². The number of esters is 1. The van der Waals surface area contributed by atoms with Crippen molar-refractivity contribution < 1.29 is 14.3 Å². The van der Waals surface area contributed by atoms with Gasteiger partial charge in [-0.15, -0.1) is 0 Å². The van der Waals surface area contributed by atoms with E-state index in [2.05, 4.69) is 0 Å². The summed E-state index contributed by atoms with van der Waals surface area (Å²) in [7, 11) is 0. The highest BCUT2D eigenvalue weighted by Gasteiger charge is 2.20. The minimum absolute atomic E-state index is 0.350. The highest BCUT2D eigenvalue weighted by atomic mass is 16.5. The largest absolute Gasteiger partial charge is 0.449 e. The third kappa shape index (κ3) is 3.21. The van der Waals surface area contributed by atoms with Gasteiger partial charge in [-0.3, -0.25) is 4.79 Å². The van der Waals surface area contributed by atoms with Crippen molar-refractivity contribution in [1.29, 1.82) is 0 Å². The summed E-state index contributed by atoms with van der Waals surface area (Å²) in [4.78, 5) is 22.8. The first kappa shape index (κ1) is 13.0. The number of aryl methyl sites for hydroxylation is 1. The van der Waals surface area contributed by atoms with Crippen molar-refractivity contribution in [3.63, 3.8) is 0 Å². The van der Waals surface area contributed by atoms with Gasteiger partial charge in [-0.25, -0.2) is 4.79 Å². The van der Waals surface area contributed by atoms with Gasteiger partial charge in [-0.2, -0.15) is 0 Å². The molecule has 0 bridgehead atoms. The molecule has 1 amide bonds. The maximum absolute atomic E-state index is 11.8. The molecule has 0 saturated heterocycles. The molecule has 1 aromatic carbocycles. The average Bonchev–Trinajstić information content (AvgIpc) is 2.28. The Labute approximate surface area is 99.7 Å². The number of nitrogens with two attached hydrogens (primary N) is 2. The molecule has 0 aromatic heterocycles. The van der Waals surface area contributed by atoms with Crippen LogP contribution in [0.15, 0.2) is 18.2 Å². The second-order valence-electron chi connectivity index (χ2n) is 3.78. The highest BCUT2D eigenvalue weighted by Crippen LogP contribution is 2.15. The number of anilines is 1. The Morgan fingerprint density at radius 2 is 2.06 bits per heavy atom. The van der Waals surface area contributed by atoms with E-state index in [1.165, 1.54) is 6.07 Å². The van der Waals surface area contributed by atoms with Gasteiger partial charge in [0.05, 0.1) is 5.56 Å². The average molecular weight is 236 g/mol. The minimum Gasteiger partial charge on any atom is -0.449 e. The Bertz CT molecular complexity index is 443. The molecule has 0 heterocycles. The Morgan fingerprint density at radius 3 is 2.59 bits per heavy atom. The molecule has 0 radical (unpaired) electrons. The van der Waals surface area contributed by atoms with Gasteiger partial charge in [-0.05, 0) is 31.0 Å². The number of amides is 1. The number of rotatable bonds is 4. The predicted octanol–water partition coefficient (Wildman–Crippen LogP) is 0.998. The van der Waals surface area contributed by atoms with Crippen molar-refractivity contribution in [2.45, 2.75) is 26.4 Å². The number of nitrogen functional groups attached to an aromatic ring is 1. The fourth-order valence-corrected chi connectivity index (χ4v) is 1.39. The summed E-state index contributed by atoms with van der Waals surface area (Å²) in [6.45, 7) is 3.48. The van der Waals surface area contributed by atoms with Crippen molar-refractivity contribution in [2.75, 3.05) is 5.73 Å². The number of benzene rings is 1. The highest BCUT2D eigenvalue weighted by molar-refractivity contribution is 5.94. The molecule has 4 N–H and O–H groups in total. The van der Waals surface area contributed by atoms with E-state index in [1.54, 1.807) is 26.0 Å².